The first-order valence-corrected chi connectivity index (χ1v) is 13.5. The lowest BCUT2D eigenvalue weighted by Crippen LogP contribution is -2.42. The van der Waals surface area contributed by atoms with E-state index >= 15 is 0 Å². The predicted octanol–water partition coefficient (Wildman–Crippen LogP) is 3.39. The molecule has 5 rings (SSSR count). The van der Waals surface area contributed by atoms with Crippen molar-refractivity contribution >= 4 is 21.5 Å². The summed E-state index contributed by atoms with van der Waals surface area (Å²) in [6.07, 6.45) is 4.70. The standard InChI is InChI=1S/C26H27F2N5O4S/c1-26(35)8-6-17(7-9-26)32-38(36,37)23-11-16(3-5-19(23)27)22-12-30-25-24(29)31-21(13-33(22)25)18-4-2-15(14-34)10-20(18)28/h2-5,10-13,17,32,34-35H,6-9,14H2,1H3,(H2,29,31)/t17-,26-. The number of anilines is 1. The number of hydrogen-bond acceptors (Lipinski definition) is 7. The largest absolute Gasteiger partial charge is 0.392 e. The van der Waals surface area contributed by atoms with Gasteiger partial charge in [0.1, 0.15) is 16.5 Å². The Labute approximate surface area is 218 Å². The number of aliphatic hydroxyl groups excluding tert-OH is 1. The van der Waals surface area contributed by atoms with Gasteiger partial charge in [0, 0.05) is 23.4 Å². The Hall–Kier alpha value is -3.45. The lowest BCUT2D eigenvalue weighted by molar-refractivity contribution is 0.0163. The maximum atomic E-state index is 14.8. The molecule has 38 heavy (non-hydrogen) atoms. The van der Waals surface area contributed by atoms with Gasteiger partial charge in [-0.05, 0) is 68.5 Å². The summed E-state index contributed by atoms with van der Waals surface area (Å²) < 4.78 is 59.9. The van der Waals surface area contributed by atoms with Crippen LogP contribution in [0.1, 0.15) is 38.2 Å². The van der Waals surface area contributed by atoms with Crippen LogP contribution < -0.4 is 10.5 Å². The molecule has 5 N–H and O–H groups in total. The molecule has 1 saturated carbocycles. The SMILES string of the molecule is C[C@]1(O)CC[C@H](NS(=O)(=O)c2cc(-c3cnc4c(N)nc(-c5ccc(CO)cc5F)cn34)ccc2F)CC1. The first-order valence-electron chi connectivity index (χ1n) is 12.1. The molecule has 9 nitrogen and oxygen atoms in total. The van der Waals surface area contributed by atoms with Crippen LogP contribution in [0.4, 0.5) is 14.6 Å². The third kappa shape index (κ3) is 4.99. The summed E-state index contributed by atoms with van der Waals surface area (Å²) in [7, 11) is -4.21. The minimum Gasteiger partial charge on any atom is -0.392 e. The topological polar surface area (TPSA) is 143 Å². The van der Waals surface area contributed by atoms with Crippen molar-refractivity contribution in [2.75, 3.05) is 5.73 Å². The Balaban J connectivity index is 1.53. The number of nitrogens with two attached hydrogens (primary N) is 1. The van der Waals surface area contributed by atoms with E-state index in [1.165, 1.54) is 41.1 Å². The normalized spacial score (nSPS) is 20.2. The number of fused-ring (bicyclic) bond motifs is 1. The fraction of sp³-hybridized carbons (Fsp3) is 0.308. The summed E-state index contributed by atoms with van der Waals surface area (Å²) in [6, 6.07) is 7.52. The van der Waals surface area contributed by atoms with Crippen LogP contribution in [-0.2, 0) is 16.6 Å². The number of nitrogens with zero attached hydrogens (tertiary/aromatic N) is 3. The van der Waals surface area contributed by atoms with Gasteiger partial charge in [-0.3, -0.25) is 4.40 Å². The zero-order valence-electron chi connectivity index (χ0n) is 20.5. The molecule has 4 aromatic rings. The fourth-order valence-corrected chi connectivity index (χ4v) is 6.14. The van der Waals surface area contributed by atoms with Gasteiger partial charge >= 0.3 is 0 Å². The van der Waals surface area contributed by atoms with Gasteiger partial charge in [0.2, 0.25) is 10.0 Å². The summed E-state index contributed by atoms with van der Waals surface area (Å²) in [5.74, 6) is -1.50. The maximum absolute atomic E-state index is 14.8. The van der Waals surface area contributed by atoms with Gasteiger partial charge in [0.05, 0.1) is 29.8 Å². The molecular weight excluding hydrogens is 516 g/mol. The number of imidazole rings is 1. The van der Waals surface area contributed by atoms with Crippen LogP contribution in [0.25, 0.3) is 28.2 Å². The van der Waals surface area contributed by atoms with Crippen molar-refractivity contribution in [3.8, 4) is 22.5 Å². The number of halogens is 2. The molecule has 0 aliphatic heterocycles. The second-order valence-electron chi connectivity index (χ2n) is 9.86. The zero-order valence-corrected chi connectivity index (χ0v) is 21.3. The smallest absolute Gasteiger partial charge is 0.243 e. The Morgan fingerprint density at radius 2 is 1.89 bits per heavy atom. The average Bonchev–Trinajstić information content (AvgIpc) is 3.30. The molecule has 1 fully saturated rings. The summed E-state index contributed by atoms with van der Waals surface area (Å²) in [5.41, 5.74) is 7.00. The van der Waals surface area contributed by atoms with E-state index in [2.05, 4.69) is 14.7 Å². The summed E-state index contributed by atoms with van der Waals surface area (Å²) in [4.78, 5) is 8.00. The molecule has 0 saturated heterocycles. The molecule has 2 heterocycles. The average molecular weight is 544 g/mol. The van der Waals surface area contributed by atoms with Gasteiger partial charge in [-0.15, -0.1) is 0 Å². The molecule has 200 valence electrons. The minimum atomic E-state index is -4.21. The van der Waals surface area contributed by atoms with Crippen molar-refractivity contribution in [1.82, 2.24) is 19.1 Å². The van der Waals surface area contributed by atoms with Crippen molar-refractivity contribution in [3.63, 3.8) is 0 Å². The molecule has 0 bridgehead atoms. The number of nitrogens with one attached hydrogen (secondary N) is 1. The van der Waals surface area contributed by atoms with Crippen LogP contribution in [-0.4, -0.2) is 44.6 Å². The van der Waals surface area contributed by atoms with E-state index in [9.17, 15) is 27.4 Å². The number of hydrogen-bond donors (Lipinski definition) is 4. The predicted molar refractivity (Wildman–Crippen MR) is 137 cm³/mol. The van der Waals surface area contributed by atoms with Crippen molar-refractivity contribution < 1.29 is 27.4 Å². The maximum Gasteiger partial charge on any atom is 0.243 e. The van der Waals surface area contributed by atoms with Gasteiger partial charge in [-0.2, -0.15) is 0 Å². The van der Waals surface area contributed by atoms with Crippen LogP contribution in [0.15, 0.2) is 53.7 Å². The summed E-state index contributed by atoms with van der Waals surface area (Å²) >= 11 is 0. The van der Waals surface area contributed by atoms with E-state index in [0.29, 0.717) is 42.5 Å². The Bertz CT molecular complexity index is 1630. The lowest BCUT2D eigenvalue weighted by Gasteiger charge is -2.33. The van der Waals surface area contributed by atoms with Crippen LogP contribution in [0.2, 0.25) is 0 Å². The molecule has 1 aliphatic carbocycles. The first kappa shape index (κ1) is 26.2. The molecule has 0 unspecified atom stereocenters. The molecule has 12 heteroatoms. The quantitative estimate of drug-likeness (QED) is 0.292. The number of aromatic nitrogens is 3. The van der Waals surface area contributed by atoms with Gasteiger partial charge in [0.15, 0.2) is 11.5 Å². The Morgan fingerprint density at radius 1 is 1.16 bits per heavy atom. The molecule has 2 aromatic heterocycles. The lowest BCUT2D eigenvalue weighted by atomic mass is 9.84. The van der Waals surface area contributed by atoms with E-state index in [4.69, 9.17) is 5.73 Å². The van der Waals surface area contributed by atoms with Crippen molar-refractivity contribution in [1.29, 1.82) is 0 Å². The minimum absolute atomic E-state index is 0.0178. The summed E-state index contributed by atoms with van der Waals surface area (Å²) in [6.45, 7) is 1.40. The van der Waals surface area contributed by atoms with Crippen molar-refractivity contribution in [2.45, 2.75) is 55.8 Å². The molecular formula is C26H27F2N5O4S. The molecule has 2 aromatic carbocycles. The highest BCUT2D eigenvalue weighted by Crippen LogP contribution is 2.32. The van der Waals surface area contributed by atoms with Crippen LogP contribution >= 0.6 is 0 Å². The molecule has 0 radical (unpaired) electrons. The van der Waals surface area contributed by atoms with Crippen LogP contribution in [0.5, 0.6) is 0 Å². The third-order valence-corrected chi connectivity index (χ3v) is 8.45. The number of aliphatic hydroxyl groups is 2. The van der Waals surface area contributed by atoms with Crippen LogP contribution in [0, 0.1) is 11.6 Å². The van der Waals surface area contributed by atoms with Crippen LogP contribution in [0.3, 0.4) is 0 Å². The van der Waals surface area contributed by atoms with Gasteiger partial charge in [-0.1, -0.05) is 6.07 Å². The molecule has 0 amide bonds. The van der Waals surface area contributed by atoms with E-state index < -0.39 is 38.2 Å². The number of sulfonamides is 1. The second-order valence-corrected chi connectivity index (χ2v) is 11.5. The Kier molecular flexibility index (Phi) is 6.68. The molecule has 1 aliphatic rings. The molecule has 0 atom stereocenters. The van der Waals surface area contributed by atoms with Gasteiger partial charge in [0.25, 0.3) is 0 Å². The Morgan fingerprint density at radius 3 is 2.58 bits per heavy atom. The first-order chi connectivity index (χ1) is 18.0. The number of benzene rings is 2. The van der Waals surface area contributed by atoms with Crippen molar-refractivity contribution in [2.24, 2.45) is 0 Å². The molecule has 0 spiro atoms. The second kappa shape index (κ2) is 9.70. The van der Waals surface area contributed by atoms with E-state index in [1.807, 2.05) is 0 Å². The van der Waals surface area contributed by atoms with Crippen molar-refractivity contribution in [3.05, 3.63) is 66.0 Å². The fourth-order valence-electron chi connectivity index (χ4n) is 4.73. The third-order valence-electron chi connectivity index (χ3n) is 6.91. The van der Waals surface area contributed by atoms with E-state index in [-0.39, 0.29) is 29.3 Å². The van der Waals surface area contributed by atoms with E-state index in [0.717, 1.165) is 6.07 Å². The number of rotatable bonds is 6. The van der Waals surface area contributed by atoms with E-state index in [1.54, 1.807) is 13.0 Å². The highest BCUT2D eigenvalue weighted by molar-refractivity contribution is 7.89. The summed E-state index contributed by atoms with van der Waals surface area (Å²) in [5, 5.41) is 19.4. The van der Waals surface area contributed by atoms with Gasteiger partial charge < -0.3 is 15.9 Å². The zero-order chi connectivity index (χ0) is 27.2. The highest BCUT2D eigenvalue weighted by Gasteiger charge is 2.32. The monoisotopic (exact) mass is 543 g/mol. The highest BCUT2D eigenvalue weighted by atomic mass is 32.2. The number of nitrogen functional groups attached to an aromatic ring is 1. The van der Waals surface area contributed by atoms with Gasteiger partial charge in [-0.25, -0.2) is 31.9 Å².